The van der Waals surface area contributed by atoms with Crippen LogP contribution in [0.2, 0.25) is 0 Å². The van der Waals surface area contributed by atoms with Crippen LogP contribution in [0.5, 0.6) is 0 Å². The lowest BCUT2D eigenvalue weighted by Crippen LogP contribution is -1.93. The van der Waals surface area contributed by atoms with E-state index in [4.69, 9.17) is 5.11 Å². The number of rotatable bonds is 0. The lowest BCUT2D eigenvalue weighted by Gasteiger charge is -2.03. The molecule has 0 bridgehead atoms. The first kappa shape index (κ1) is 3.03. The van der Waals surface area contributed by atoms with Crippen LogP contribution in [-0.2, 0) is 0 Å². The standard InChI is InChI=1S/C5H8O/c6-5-3-1-2-4(3)5/h3-6H,1-2H2. The number of hydrogen-bond donors (Lipinski definition) is 1. The second-order valence-corrected chi connectivity index (χ2v) is 2.40. The summed E-state index contributed by atoms with van der Waals surface area (Å²) in [5.41, 5.74) is 0. The Hall–Kier alpha value is -0.0400. The third-order valence-electron chi connectivity index (χ3n) is 2.12. The molecule has 0 radical (unpaired) electrons. The van der Waals surface area contributed by atoms with Gasteiger partial charge in [-0.05, 0) is 24.7 Å². The van der Waals surface area contributed by atoms with Crippen molar-refractivity contribution in [1.29, 1.82) is 0 Å². The highest BCUT2D eigenvalue weighted by Gasteiger charge is 2.55. The molecule has 2 fully saturated rings. The Balaban J connectivity index is 2.11. The maximum Gasteiger partial charge on any atom is 0.0603 e. The molecule has 34 valence electrons. The Bertz CT molecular complexity index is 63.3. The van der Waals surface area contributed by atoms with Crippen molar-refractivity contribution >= 4 is 0 Å². The van der Waals surface area contributed by atoms with E-state index in [9.17, 15) is 0 Å². The SMILES string of the molecule is OC1C2CCC12. The molecule has 0 aromatic carbocycles. The molecule has 0 aromatic heterocycles. The molecule has 0 aromatic rings. The van der Waals surface area contributed by atoms with E-state index in [2.05, 4.69) is 0 Å². The van der Waals surface area contributed by atoms with Gasteiger partial charge in [-0.1, -0.05) is 0 Å². The van der Waals surface area contributed by atoms with Crippen molar-refractivity contribution in [3.05, 3.63) is 0 Å². The summed E-state index contributed by atoms with van der Waals surface area (Å²) in [4.78, 5) is 0. The molecule has 0 heterocycles. The van der Waals surface area contributed by atoms with E-state index in [1.54, 1.807) is 0 Å². The summed E-state index contributed by atoms with van der Waals surface area (Å²) in [7, 11) is 0. The molecular formula is C5H8O. The molecule has 6 heavy (non-hydrogen) atoms. The molecule has 2 aliphatic carbocycles. The molecular weight excluding hydrogens is 76.1 g/mol. The van der Waals surface area contributed by atoms with Crippen molar-refractivity contribution in [1.82, 2.24) is 0 Å². The van der Waals surface area contributed by atoms with Crippen LogP contribution in [0.4, 0.5) is 0 Å². The average Bonchev–Trinajstić information content (AvgIpc) is 1.63. The molecule has 2 unspecified atom stereocenters. The summed E-state index contributed by atoms with van der Waals surface area (Å²) >= 11 is 0. The van der Waals surface area contributed by atoms with E-state index in [0.29, 0.717) is 0 Å². The molecule has 1 N–H and O–H groups in total. The minimum atomic E-state index is 0.130. The van der Waals surface area contributed by atoms with Crippen molar-refractivity contribution in [2.75, 3.05) is 0 Å². The van der Waals surface area contributed by atoms with E-state index >= 15 is 0 Å². The number of hydrogen-bond acceptors (Lipinski definition) is 1. The minimum Gasteiger partial charge on any atom is -0.393 e. The van der Waals surface area contributed by atoms with Crippen LogP contribution in [0.15, 0.2) is 0 Å². The second kappa shape index (κ2) is 0.648. The zero-order valence-electron chi connectivity index (χ0n) is 3.59. The van der Waals surface area contributed by atoms with Gasteiger partial charge in [-0.25, -0.2) is 0 Å². The number of aliphatic hydroxyl groups is 1. The number of fused-ring (bicyclic) bond motifs is 1. The number of aliphatic hydroxyl groups excluding tert-OH is 1. The predicted molar refractivity (Wildman–Crippen MR) is 22.2 cm³/mol. The van der Waals surface area contributed by atoms with Crippen LogP contribution in [0.25, 0.3) is 0 Å². The predicted octanol–water partition coefficient (Wildman–Crippen LogP) is 0.387. The molecule has 0 saturated heterocycles. The van der Waals surface area contributed by atoms with Crippen molar-refractivity contribution in [2.24, 2.45) is 11.8 Å². The smallest absolute Gasteiger partial charge is 0.0603 e. The van der Waals surface area contributed by atoms with Crippen molar-refractivity contribution in [2.45, 2.75) is 18.9 Å². The van der Waals surface area contributed by atoms with E-state index in [1.807, 2.05) is 0 Å². The lowest BCUT2D eigenvalue weighted by molar-refractivity contribution is 0.260. The molecule has 0 spiro atoms. The van der Waals surface area contributed by atoms with Crippen LogP contribution in [0.3, 0.4) is 0 Å². The van der Waals surface area contributed by atoms with Crippen molar-refractivity contribution in [3.8, 4) is 0 Å². The fraction of sp³-hybridized carbons (Fsp3) is 1.00. The van der Waals surface area contributed by atoms with Crippen LogP contribution in [0, 0.1) is 11.8 Å². The van der Waals surface area contributed by atoms with E-state index < -0.39 is 0 Å². The van der Waals surface area contributed by atoms with Crippen LogP contribution < -0.4 is 0 Å². The summed E-state index contributed by atoms with van der Waals surface area (Å²) in [6, 6.07) is 0. The highest BCUT2D eigenvalue weighted by atomic mass is 16.3. The van der Waals surface area contributed by atoms with Gasteiger partial charge in [0.25, 0.3) is 0 Å². The molecule has 1 heteroatoms. The molecule has 2 atom stereocenters. The lowest BCUT2D eigenvalue weighted by atomic mass is 10.0. The van der Waals surface area contributed by atoms with Crippen LogP contribution in [-0.4, -0.2) is 11.2 Å². The maximum absolute atomic E-state index is 8.77. The van der Waals surface area contributed by atoms with E-state index in [1.165, 1.54) is 12.8 Å². The average molecular weight is 84.1 g/mol. The van der Waals surface area contributed by atoms with Gasteiger partial charge in [0.15, 0.2) is 0 Å². The first-order valence-corrected chi connectivity index (χ1v) is 2.57. The third kappa shape index (κ3) is 0.155. The van der Waals surface area contributed by atoms with Crippen molar-refractivity contribution in [3.63, 3.8) is 0 Å². The molecule has 0 aliphatic heterocycles. The highest BCUT2D eigenvalue weighted by Crippen LogP contribution is 2.55. The first-order chi connectivity index (χ1) is 2.89. The Morgan fingerprint density at radius 1 is 1.17 bits per heavy atom. The normalized spacial score (nSPS) is 62.5. The minimum absolute atomic E-state index is 0.130. The zero-order chi connectivity index (χ0) is 4.15. The first-order valence-electron chi connectivity index (χ1n) is 2.57. The van der Waals surface area contributed by atoms with Gasteiger partial charge in [-0.15, -0.1) is 0 Å². The van der Waals surface area contributed by atoms with Crippen LogP contribution >= 0.6 is 0 Å². The Labute approximate surface area is 37.0 Å². The molecule has 2 aliphatic rings. The summed E-state index contributed by atoms with van der Waals surface area (Å²) in [5, 5.41) is 8.77. The molecule has 1 nitrogen and oxygen atoms in total. The summed E-state index contributed by atoms with van der Waals surface area (Å²) < 4.78 is 0. The summed E-state index contributed by atoms with van der Waals surface area (Å²) in [5.74, 6) is 1.51. The zero-order valence-corrected chi connectivity index (χ0v) is 3.59. The van der Waals surface area contributed by atoms with Gasteiger partial charge in [-0.3, -0.25) is 0 Å². The maximum atomic E-state index is 8.77. The van der Waals surface area contributed by atoms with Gasteiger partial charge in [0, 0.05) is 0 Å². The Morgan fingerprint density at radius 2 is 1.67 bits per heavy atom. The molecule has 0 amide bonds. The second-order valence-electron chi connectivity index (χ2n) is 2.40. The quantitative estimate of drug-likeness (QED) is 0.450. The van der Waals surface area contributed by atoms with Gasteiger partial charge in [0.1, 0.15) is 0 Å². The van der Waals surface area contributed by atoms with Crippen molar-refractivity contribution < 1.29 is 5.11 Å². The highest BCUT2D eigenvalue weighted by molar-refractivity contribution is 5.05. The van der Waals surface area contributed by atoms with Gasteiger partial charge in [0.05, 0.1) is 6.10 Å². The van der Waals surface area contributed by atoms with Gasteiger partial charge >= 0.3 is 0 Å². The van der Waals surface area contributed by atoms with Gasteiger partial charge < -0.3 is 5.11 Å². The largest absolute Gasteiger partial charge is 0.393 e. The summed E-state index contributed by atoms with van der Waals surface area (Å²) in [6.07, 6.45) is 2.72. The summed E-state index contributed by atoms with van der Waals surface area (Å²) in [6.45, 7) is 0. The Morgan fingerprint density at radius 3 is 1.67 bits per heavy atom. The third-order valence-corrected chi connectivity index (χ3v) is 2.12. The molecule has 2 saturated carbocycles. The van der Waals surface area contributed by atoms with Crippen LogP contribution in [0.1, 0.15) is 12.8 Å². The topological polar surface area (TPSA) is 20.2 Å². The van der Waals surface area contributed by atoms with E-state index in [-0.39, 0.29) is 6.10 Å². The van der Waals surface area contributed by atoms with Gasteiger partial charge in [0.2, 0.25) is 0 Å². The molecule has 2 rings (SSSR count). The van der Waals surface area contributed by atoms with E-state index in [0.717, 1.165) is 11.8 Å². The fourth-order valence-electron chi connectivity index (χ4n) is 1.32. The Kier molecular flexibility index (Phi) is 0.327. The monoisotopic (exact) mass is 84.1 g/mol. The van der Waals surface area contributed by atoms with Gasteiger partial charge in [-0.2, -0.15) is 0 Å². The fourth-order valence-corrected chi connectivity index (χ4v) is 1.32.